The smallest absolute Gasteiger partial charge is 0.326 e. The van der Waals surface area contributed by atoms with Crippen LogP contribution in [0.2, 0.25) is 0 Å². The highest BCUT2D eigenvalue weighted by molar-refractivity contribution is 5.93. The van der Waals surface area contributed by atoms with Crippen molar-refractivity contribution in [2.75, 3.05) is 0 Å². The number of nitrogens with one attached hydrogen (secondary N) is 1. The van der Waals surface area contributed by atoms with Gasteiger partial charge in [-0.15, -0.1) is 5.10 Å². The molecule has 0 aliphatic carbocycles. The molecule has 2 N–H and O–H groups in total. The Bertz CT molecular complexity index is 830. The molecule has 1 unspecified atom stereocenters. The number of nitrogens with zero attached hydrogens (tertiary/aromatic N) is 3. The summed E-state index contributed by atoms with van der Waals surface area (Å²) in [6.45, 7) is 5.44. The number of hydrogen-bond donors (Lipinski definition) is 2. The molecule has 0 radical (unpaired) electrons. The molecule has 0 aliphatic heterocycles. The van der Waals surface area contributed by atoms with Crippen LogP contribution in [0.15, 0.2) is 36.4 Å². The second-order valence-corrected chi connectivity index (χ2v) is 5.98. The molecule has 26 heavy (non-hydrogen) atoms. The topological polar surface area (TPSA) is 97.1 Å². The normalized spacial score (nSPS) is 12.5. The molecule has 0 spiro atoms. The Balaban J connectivity index is 2.35. The van der Waals surface area contributed by atoms with Gasteiger partial charge in [0.2, 0.25) is 5.82 Å². The van der Waals surface area contributed by atoms with Gasteiger partial charge in [0.15, 0.2) is 0 Å². The summed E-state index contributed by atoms with van der Waals surface area (Å²) in [6, 6.07) is 4.93. The number of carboxylic acid groups (broad SMARTS) is 1. The molecule has 1 aromatic carbocycles. The van der Waals surface area contributed by atoms with Gasteiger partial charge in [-0.25, -0.2) is 18.9 Å². The molecule has 8 heteroatoms. The Morgan fingerprint density at radius 2 is 2.04 bits per heavy atom. The summed E-state index contributed by atoms with van der Waals surface area (Å²) in [5.41, 5.74) is 0.173. The second kappa shape index (κ2) is 8.37. The first-order valence-electron chi connectivity index (χ1n) is 8.21. The summed E-state index contributed by atoms with van der Waals surface area (Å²) in [6.07, 6.45) is 3.48. The van der Waals surface area contributed by atoms with Crippen LogP contribution in [0.1, 0.15) is 49.6 Å². The van der Waals surface area contributed by atoms with Crippen molar-refractivity contribution in [3.63, 3.8) is 0 Å². The van der Waals surface area contributed by atoms with Gasteiger partial charge >= 0.3 is 5.97 Å². The zero-order chi connectivity index (χ0) is 19.3. The van der Waals surface area contributed by atoms with Crippen LogP contribution < -0.4 is 5.32 Å². The van der Waals surface area contributed by atoms with E-state index >= 15 is 0 Å². The van der Waals surface area contributed by atoms with Crippen molar-refractivity contribution in [3.8, 4) is 5.69 Å². The fourth-order valence-corrected chi connectivity index (χ4v) is 2.31. The first-order chi connectivity index (χ1) is 12.3. The molecule has 1 amide bonds. The second-order valence-electron chi connectivity index (χ2n) is 5.98. The van der Waals surface area contributed by atoms with E-state index < -0.39 is 23.7 Å². The third-order valence-corrected chi connectivity index (χ3v) is 3.64. The summed E-state index contributed by atoms with van der Waals surface area (Å²) in [7, 11) is 0. The Hall–Kier alpha value is -3.03. The zero-order valence-electron chi connectivity index (χ0n) is 14.8. The van der Waals surface area contributed by atoms with Crippen molar-refractivity contribution in [1.82, 2.24) is 20.1 Å². The average Bonchev–Trinajstić information content (AvgIpc) is 3.04. The lowest BCUT2D eigenvalue weighted by Crippen LogP contribution is -2.40. The number of carbonyl (C=O) groups excluding carboxylic acids is 1. The van der Waals surface area contributed by atoms with Crippen molar-refractivity contribution in [3.05, 3.63) is 53.9 Å². The van der Waals surface area contributed by atoms with Gasteiger partial charge in [0.25, 0.3) is 5.91 Å². The molecule has 0 aliphatic rings. The average molecular weight is 360 g/mol. The van der Waals surface area contributed by atoms with Gasteiger partial charge in [-0.05, 0) is 25.5 Å². The number of amides is 1. The number of carboxylic acids is 1. The van der Waals surface area contributed by atoms with Gasteiger partial charge < -0.3 is 10.4 Å². The molecule has 1 heterocycles. The summed E-state index contributed by atoms with van der Waals surface area (Å²) in [5, 5.41) is 15.7. The van der Waals surface area contributed by atoms with Crippen LogP contribution in [0.4, 0.5) is 4.39 Å². The van der Waals surface area contributed by atoms with Crippen molar-refractivity contribution >= 4 is 11.9 Å². The molecular formula is C18H21FN4O3. The van der Waals surface area contributed by atoms with Crippen LogP contribution in [-0.4, -0.2) is 37.8 Å². The minimum absolute atomic E-state index is 0.123. The van der Waals surface area contributed by atoms with Crippen molar-refractivity contribution in [1.29, 1.82) is 0 Å². The van der Waals surface area contributed by atoms with Crippen LogP contribution in [0, 0.1) is 5.82 Å². The molecule has 7 nitrogen and oxygen atoms in total. The predicted octanol–water partition coefficient (Wildman–Crippen LogP) is 2.68. The maximum atomic E-state index is 14.1. The monoisotopic (exact) mass is 360 g/mol. The molecular weight excluding hydrogens is 339 g/mol. The van der Waals surface area contributed by atoms with Gasteiger partial charge in [-0.2, -0.15) is 0 Å². The number of allylic oxidation sites excluding steroid dienone is 1. The minimum Gasteiger partial charge on any atom is -0.480 e. The van der Waals surface area contributed by atoms with Crippen LogP contribution in [0.3, 0.4) is 0 Å². The van der Waals surface area contributed by atoms with E-state index in [0.29, 0.717) is 5.82 Å². The first kappa shape index (κ1) is 19.3. The number of benzene rings is 1. The van der Waals surface area contributed by atoms with Gasteiger partial charge in [0.05, 0.1) is 0 Å². The summed E-state index contributed by atoms with van der Waals surface area (Å²) < 4.78 is 15.4. The standard InChI is InChI=1S/C18H21FN4O3/c1-4-5-9-13(18(25)26)20-17(24)15-21-16(11(2)3)23(22-15)14-10-7-6-8-12(14)19/h4-8,10-11,13H,9H2,1-3H3,(H,20,24)(H,25,26)/b5-4+. The number of aromatic nitrogens is 3. The molecule has 2 rings (SSSR count). The van der Waals surface area contributed by atoms with E-state index in [2.05, 4.69) is 15.4 Å². The highest BCUT2D eigenvalue weighted by Crippen LogP contribution is 2.19. The lowest BCUT2D eigenvalue weighted by Gasteiger charge is -2.10. The van der Waals surface area contributed by atoms with Gasteiger partial charge in [-0.3, -0.25) is 4.79 Å². The van der Waals surface area contributed by atoms with Crippen molar-refractivity contribution < 1.29 is 19.1 Å². The number of hydrogen-bond acceptors (Lipinski definition) is 4. The van der Waals surface area contributed by atoms with Crippen molar-refractivity contribution in [2.24, 2.45) is 0 Å². The largest absolute Gasteiger partial charge is 0.480 e. The molecule has 2 aromatic rings. The summed E-state index contributed by atoms with van der Waals surface area (Å²) in [5.74, 6) is -2.30. The Morgan fingerprint density at radius 3 is 2.62 bits per heavy atom. The lowest BCUT2D eigenvalue weighted by molar-refractivity contribution is -0.139. The SMILES string of the molecule is C/C=C/CC(NC(=O)c1nc(C(C)C)n(-c2ccccc2F)n1)C(=O)O. The fourth-order valence-electron chi connectivity index (χ4n) is 2.31. The molecule has 1 atom stereocenters. The van der Waals surface area contributed by atoms with Crippen LogP contribution in [0.5, 0.6) is 0 Å². The first-order valence-corrected chi connectivity index (χ1v) is 8.21. The highest BCUT2D eigenvalue weighted by Gasteiger charge is 2.24. The zero-order valence-corrected chi connectivity index (χ0v) is 14.8. The van der Waals surface area contributed by atoms with Crippen LogP contribution in [0.25, 0.3) is 5.69 Å². The third-order valence-electron chi connectivity index (χ3n) is 3.64. The van der Waals surface area contributed by atoms with Crippen molar-refractivity contribution in [2.45, 2.75) is 39.2 Å². The van der Waals surface area contributed by atoms with Crippen LogP contribution in [-0.2, 0) is 4.79 Å². The van der Waals surface area contributed by atoms with Gasteiger partial charge in [0, 0.05) is 5.92 Å². The highest BCUT2D eigenvalue weighted by atomic mass is 19.1. The molecule has 0 saturated heterocycles. The number of rotatable bonds is 7. The Kier molecular flexibility index (Phi) is 6.21. The molecule has 0 fully saturated rings. The fraction of sp³-hybridized carbons (Fsp3) is 0.333. The molecule has 138 valence electrons. The van der Waals surface area contributed by atoms with Gasteiger partial charge in [-0.1, -0.05) is 38.1 Å². The molecule has 0 bridgehead atoms. The molecule has 1 aromatic heterocycles. The molecule has 0 saturated carbocycles. The van der Waals surface area contributed by atoms with E-state index in [0.717, 1.165) is 0 Å². The third kappa shape index (κ3) is 4.33. The van der Waals surface area contributed by atoms with Crippen LogP contribution >= 0.6 is 0 Å². The summed E-state index contributed by atoms with van der Waals surface area (Å²) in [4.78, 5) is 27.9. The lowest BCUT2D eigenvalue weighted by atomic mass is 10.2. The Morgan fingerprint density at radius 1 is 1.35 bits per heavy atom. The van der Waals surface area contributed by atoms with E-state index in [1.807, 2.05) is 13.8 Å². The maximum absolute atomic E-state index is 14.1. The van der Waals surface area contributed by atoms with E-state index in [1.165, 1.54) is 16.8 Å². The number of halogens is 1. The summed E-state index contributed by atoms with van der Waals surface area (Å²) >= 11 is 0. The van der Waals surface area contributed by atoms with E-state index in [1.54, 1.807) is 31.2 Å². The number of carbonyl (C=O) groups is 2. The van der Waals surface area contributed by atoms with E-state index in [9.17, 15) is 19.1 Å². The predicted molar refractivity (Wildman–Crippen MR) is 93.7 cm³/mol. The number of para-hydroxylation sites is 1. The van der Waals surface area contributed by atoms with E-state index in [-0.39, 0.29) is 23.9 Å². The van der Waals surface area contributed by atoms with Gasteiger partial charge in [0.1, 0.15) is 23.4 Å². The number of aliphatic carboxylic acids is 1. The Labute approximate surface area is 150 Å². The minimum atomic E-state index is -1.16. The maximum Gasteiger partial charge on any atom is 0.326 e. The van der Waals surface area contributed by atoms with E-state index in [4.69, 9.17) is 0 Å². The quantitative estimate of drug-likeness (QED) is 0.740.